The zero-order valence-electron chi connectivity index (χ0n) is 7.94. The van der Waals surface area contributed by atoms with Crippen LogP contribution >= 0.6 is 0 Å². The van der Waals surface area contributed by atoms with Gasteiger partial charge in [-0.05, 0) is 25.1 Å². The summed E-state index contributed by atoms with van der Waals surface area (Å²) in [5.74, 6) is 0. The second-order valence-electron chi connectivity index (χ2n) is 4.77. The van der Waals surface area contributed by atoms with Gasteiger partial charge in [0.05, 0.1) is 0 Å². The summed E-state index contributed by atoms with van der Waals surface area (Å²) in [5.41, 5.74) is -0.576. The molecule has 1 saturated heterocycles. The van der Waals surface area contributed by atoms with Gasteiger partial charge < -0.3 is 10.4 Å². The molecule has 5 heteroatoms. The van der Waals surface area contributed by atoms with Crippen LogP contribution < -0.4 is 5.32 Å². The van der Waals surface area contributed by atoms with Crippen LogP contribution in [0.2, 0.25) is 0 Å². The van der Waals surface area contributed by atoms with E-state index in [4.69, 9.17) is 0 Å². The Labute approximate surface area is 71.4 Å². The highest BCUT2D eigenvalue weighted by Gasteiger charge is 2.37. The van der Waals surface area contributed by atoms with Gasteiger partial charge >= 0.3 is 0 Å². The zero-order valence-corrected chi connectivity index (χ0v) is 7.94. The molecule has 11 heavy (non-hydrogen) atoms. The summed E-state index contributed by atoms with van der Waals surface area (Å²) in [6.07, 6.45) is 2.23. The van der Waals surface area contributed by atoms with Crippen molar-refractivity contribution in [1.82, 2.24) is 5.32 Å². The molecular formula is C6H16B3NO. The molecule has 60 valence electrons. The van der Waals surface area contributed by atoms with E-state index in [0.29, 0.717) is 0 Å². The summed E-state index contributed by atoms with van der Waals surface area (Å²) < 4.78 is 0. The van der Waals surface area contributed by atoms with Crippen LogP contribution in [0.1, 0.15) is 19.8 Å². The SMILES string of the molecule is BC1(B)CCC(C(B)(C)O)N1. The molecule has 0 aliphatic carbocycles. The number of aliphatic hydroxyl groups is 1. The molecule has 1 rings (SSSR count). The second-order valence-corrected chi connectivity index (χ2v) is 4.77. The average molecular weight is 151 g/mol. The van der Waals surface area contributed by atoms with Gasteiger partial charge in [-0.25, -0.2) is 0 Å². The first-order valence-electron chi connectivity index (χ1n) is 4.31. The maximum atomic E-state index is 9.69. The van der Waals surface area contributed by atoms with E-state index in [9.17, 15) is 5.11 Å². The summed E-state index contributed by atoms with van der Waals surface area (Å²) in [6, 6.07) is 0.262. The van der Waals surface area contributed by atoms with Gasteiger partial charge in [0.1, 0.15) is 23.5 Å². The van der Waals surface area contributed by atoms with Crippen molar-refractivity contribution in [3.05, 3.63) is 0 Å². The van der Waals surface area contributed by atoms with E-state index in [1.807, 2.05) is 14.8 Å². The van der Waals surface area contributed by atoms with Gasteiger partial charge in [0, 0.05) is 11.5 Å². The summed E-state index contributed by atoms with van der Waals surface area (Å²) in [5, 5.41) is 13.3. The van der Waals surface area contributed by atoms with E-state index in [1.54, 1.807) is 0 Å². The largest absolute Gasteiger partial charge is 0.398 e. The quantitative estimate of drug-likeness (QED) is 0.391. The Balaban J connectivity index is 2.55. The van der Waals surface area contributed by atoms with Gasteiger partial charge in [-0.2, -0.15) is 0 Å². The van der Waals surface area contributed by atoms with Crippen LogP contribution in [0.25, 0.3) is 0 Å². The number of nitrogens with one attached hydrogen (secondary N) is 1. The van der Waals surface area contributed by atoms with Crippen LogP contribution in [-0.2, 0) is 0 Å². The Morgan fingerprint density at radius 2 is 2.18 bits per heavy atom. The molecule has 1 aliphatic heterocycles. The fraction of sp³-hybridized carbons (Fsp3) is 1.00. The predicted molar refractivity (Wildman–Crippen MR) is 55.1 cm³/mol. The van der Waals surface area contributed by atoms with E-state index >= 15 is 0 Å². The molecule has 1 aliphatic rings. The maximum absolute atomic E-state index is 9.69. The van der Waals surface area contributed by atoms with Crippen molar-refractivity contribution in [2.45, 2.75) is 36.6 Å². The highest BCUT2D eigenvalue weighted by Crippen LogP contribution is 2.23. The smallest absolute Gasteiger partial charge is 0.144 e. The van der Waals surface area contributed by atoms with Crippen molar-refractivity contribution in [3.63, 3.8) is 0 Å². The summed E-state index contributed by atoms with van der Waals surface area (Å²) in [4.78, 5) is 0. The first kappa shape index (κ1) is 9.20. The van der Waals surface area contributed by atoms with Gasteiger partial charge in [-0.15, -0.1) is 0 Å². The second kappa shape index (κ2) is 2.56. The molecule has 0 bridgehead atoms. The van der Waals surface area contributed by atoms with Gasteiger partial charge in [0.15, 0.2) is 0 Å². The van der Waals surface area contributed by atoms with Crippen LogP contribution in [0.15, 0.2) is 0 Å². The van der Waals surface area contributed by atoms with E-state index in [2.05, 4.69) is 21.0 Å². The molecule has 0 aromatic heterocycles. The number of hydrogen-bond acceptors (Lipinski definition) is 2. The lowest BCUT2D eigenvalue weighted by molar-refractivity contribution is 0.108. The fourth-order valence-corrected chi connectivity index (χ4v) is 1.65. The molecule has 0 aromatic rings. The first-order chi connectivity index (χ1) is 4.81. The van der Waals surface area contributed by atoms with Crippen LogP contribution in [-0.4, -0.2) is 45.5 Å². The lowest BCUT2D eigenvalue weighted by atomic mass is 9.61. The molecule has 1 fully saturated rings. The normalized spacial score (nSPS) is 34.9. The van der Waals surface area contributed by atoms with Gasteiger partial charge in [0.25, 0.3) is 0 Å². The monoisotopic (exact) mass is 151 g/mol. The van der Waals surface area contributed by atoms with Crippen LogP contribution in [0, 0.1) is 0 Å². The van der Waals surface area contributed by atoms with Crippen LogP contribution in [0.3, 0.4) is 0 Å². The van der Waals surface area contributed by atoms with Gasteiger partial charge in [-0.3, -0.25) is 0 Å². The molecule has 0 saturated carbocycles. The lowest BCUT2D eigenvalue weighted by Gasteiger charge is -2.29. The molecule has 0 radical (unpaired) electrons. The van der Waals surface area contributed by atoms with Gasteiger partial charge in [-0.1, -0.05) is 0 Å². The molecule has 2 N–H and O–H groups in total. The number of hydrogen-bond donors (Lipinski definition) is 2. The molecule has 0 aromatic carbocycles. The maximum Gasteiger partial charge on any atom is 0.144 e. The Morgan fingerprint density at radius 1 is 1.64 bits per heavy atom. The van der Waals surface area contributed by atoms with Crippen molar-refractivity contribution < 1.29 is 5.11 Å². The molecule has 0 spiro atoms. The molecular weight excluding hydrogens is 135 g/mol. The third-order valence-electron chi connectivity index (χ3n) is 2.48. The Hall–Kier alpha value is 0.115. The van der Waals surface area contributed by atoms with Crippen molar-refractivity contribution in [1.29, 1.82) is 0 Å². The minimum absolute atomic E-state index is 0.213. The van der Waals surface area contributed by atoms with Crippen molar-refractivity contribution in [3.8, 4) is 0 Å². The van der Waals surface area contributed by atoms with Crippen molar-refractivity contribution in [2.75, 3.05) is 0 Å². The van der Waals surface area contributed by atoms with E-state index < -0.39 is 5.50 Å². The molecule has 1 heterocycles. The summed E-state index contributed by atoms with van der Waals surface area (Å²) in [7, 11) is 6.23. The lowest BCUT2D eigenvalue weighted by Crippen LogP contribution is -2.53. The Kier molecular flexibility index (Phi) is 2.14. The minimum Gasteiger partial charge on any atom is -0.398 e. The third-order valence-corrected chi connectivity index (χ3v) is 2.48. The molecule has 2 atom stereocenters. The molecule has 2 unspecified atom stereocenters. The fourth-order valence-electron chi connectivity index (χ4n) is 1.65. The molecule has 0 amide bonds. The van der Waals surface area contributed by atoms with Crippen molar-refractivity contribution in [2.24, 2.45) is 0 Å². The van der Waals surface area contributed by atoms with Crippen LogP contribution in [0.4, 0.5) is 0 Å². The third kappa shape index (κ3) is 2.27. The first-order valence-corrected chi connectivity index (χ1v) is 4.31. The highest BCUT2D eigenvalue weighted by atomic mass is 16.3. The van der Waals surface area contributed by atoms with Gasteiger partial charge in [0.2, 0.25) is 0 Å². The predicted octanol–water partition coefficient (Wildman–Crippen LogP) is -3.00. The Morgan fingerprint density at radius 3 is 2.36 bits per heavy atom. The summed E-state index contributed by atoms with van der Waals surface area (Å²) >= 11 is 0. The zero-order chi connectivity index (χ0) is 8.70. The number of rotatable bonds is 1. The molecule has 2 nitrogen and oxygen atoms in total. The standard InChI is InChI=1S/C6H16B3NO/c1-5(7,11)4-2-3-6(8,9)10-4/h4,10-11H,2-3,7-9H2,1H3. The van der Waals surface area contributed by atoms with Crippen LogP contribution in [0.5, 0.6) is 0 Å². The van der Waals surface area contributed by atoms with E-state index in [-0.39, 0.29) is 11.4 Å². The highest BCUT2D eigenvalue weighted by molar-refractivity contribution is 6.40. The van der Waals surface area contributed by atoms with E-state index in [1.165, 1.54) is 0 Å². The van der Waals surface area contributed by atoms with Crippen molar-refractivity contribution >= 4 is 23.5 Å². The topological polar surface area (TPSA) is 32.3 Å². The average Bonchev–Trinajstić information content (AvgIpc) is 2.07. The minimum atomic E-state index is -0.576. The van der Waals surface area contributed by atoms with E-state index in [0.717, 1.165) is 12.8 Å². The Bertz CT molecular complexity index is 154. The summed E-state index contributed by atoms with van der Waals surface area (Å²) in [6.45, 7) is 1.87.